The fraction of sp³-hybridized carbons (Fsp3) is 0.350. The molecule has 25 heavy (non-hydrogen) atoms. The molecule has 0 bridgehead atoms. The quantitative estimate of drug-likeness (QED) is 0.766. The van der Waals surface area contributed by atoms with Crippen LogP contribution >= 0.6 is 23.2 Å². The number of rotatable bonds is 4. The molecule has 3 atom stereocenters. The topological polar surface area (TPSA) is 46.5 Å². The highest BCUT2D eigenvalue weighted by atomic mass is 35.5. The van der Waals surface area contributed by atoms with Gasteiger partial charge in [0, 0.05) is 15.6 Å². The molecule has 132 valence electrons. The molecular weight excluding hydrogens is 359 g/mol. The predicted molar refractivity (Wildman–Crippen MR) is 100 cm³/mol. The van der Waals surface area contributed by atoms with Gasteiger partial charge in [-0.05, 0) is 49.1 Å². The van der Waals surface area contributed by atoms with Gasteiger partial charge in [-0.3, -0.25) is 4.79 Å². The molecule has 0 aliphatic carbocycles. The molecule has 1 N–H and O–H groups in total. The Morgan fingerprint density at radius 1 is 1.32 bits per heavy atom. The van der Waals surface area contributed by atoms with Crippen LogP contribution in [0.15, 0.2) is 30.3 Å². The van der Waals surface area contributed by atoms with E-state index in [0.717, 1.165) is 34.4 Å². The number of carboxylic acid groups (broad SMARTS) is 1. The van der Waals surface area contributed by atoms with E-state index in [-0.39, 0.29) is 5.92 Å². The molecule has 2 aromatic carbocycles. The summed E-state index contributed by atoms with van der Waals surface area (Å²) >= 11 is 12.6. The van der Waals surface area contributed by atoms with Crippen LogP contribution in [0, 0.1) is 12.8 Å². The fourth-order valence-corrected chi connectivity index (χ4v) is 4.32. The normalized spacial score (nSPS) is 20.0. The van der Waals surface area contributed by atoms with Crippen molar-refractivity contribution in [3.8, 4) is 5.75 Å². The van der Waals surface area contributed by atoms with Gasteiger partial charge in [-0.1, -0.05) is 48.3 Å². The number of hydrogen-bond donors (Lipinski definition) is 1. The van der Waals surface area contributed by atoms with Crippen molar-refractivity contribution in [3.63, 3.8) is 0 Å². The van der Waals surface area contributed by atoms with Crippen molar-refractivity contribution >= 4 is 29.2 Å². The SMILES string of the molecule is CCc1cccc2c1OC(C(C)C(=O)O)C2c1c(C)cc(Cl)cc1Cl. The van der Waals surface area contributed by atoms with Gasteiger partial charge in [0.25, 0.3) is 0 Å². The molecule has 3 rings (SSSR count). The number of para-hydroxylation sites is 1. The molecule has 0 saturated heterocycles. The van der Waals surface area contributed by atoms with Crippen molar-refractivity contribution in [2.45, 2.75) is 39.2 Å². The number of halogens is 2. The molecule has 3 nitrogen and oxygen atoms in total. The molecule has 1 heterocycles. The molecule has 0 fully saturated rings. The summed E-state index contributed by atoms with van der Waals surface area (Å²) in [4.78, 5) is 11.7. The number of aryl methyl sites for hydroxylation is 2. The maximum absolute atomic E-state index is 11.7. The lowest BCUT2D eigenvalue weighted by atomic mass is 9.81. The van der Waals surface area contributed by atoms with Crippen LogP contribution in [0.3, 0.4) is 0 Å². The first-order valence-corrected chi connectivity index (χ1v) is 9.07. The summed E-state index contributed by atoms with van der Waals surface area (Å²) in [7, 11) is 0. The molecule has 5 heteroatoms. The zero-order valence-corrected chi connectivity index (χ0v) is 15.9. The molecule has 0 saturated carbocycles. The van der Waals surface area contributed by atoms with Crippen molar-refractivity contribution in [3.05, 3.63) is 62.6 Å². The summed E-state index contributed by atoms with van der Waals surface area (Å²) in [5, 5.41) is 10.7. The summed E-state index contributed by atoms with van der Waals surface area (Å²) in [6.45, 7) is 5.68. The van der Waals surface area contributed by atoms with E-state index in [0.29, 0.717) is 10.0 Å². The third-order valence-electron chi connectivity index (χ3n) is 4.92. The minimum atomic E-state index is -0.886. The largest absolute Gasteiger partial charge is 0.488 e. The molecular formula is C20H20Cl2O3. The van der Waals surface area contributed by atoms with E-state index in [1.807, 2.05) is 31.2 Å². The first-order chi connectivity index (χ1) is 11.8. The van der Waals surface area contributed by atoms with Gasteiger partial charge in [0.1, 0.15) is 11.9 Å². The molecule has 2 aromatic rings. The summed E-state index contributed by atoms with van der Waals surface area (Å²) in [5.74, 6) is -1.01. The maximum Gasteiger partial charge on any atom is 0.310 e. The Balaban J connectivity index is 2.22. The standard InChI is InChI=1S/C20H20Cl2O3/c1-4-12-6-5-7-14-17(16-10(2)8-13(21)9-15(16)22)18(25-19(12)14)11(3)20(23)24/h5-9,11,17-18H,4H2,1-3H3,(H,23,24). The third-order valence-corrected chi connectivity index (χ3v) is 5.45. The highest BCUT2D eigenvalue weighted by Crippen LogP contribution is 2.49. The molecule has 0 aromatic heterocycles. The van der Waals surface area contributed by atoms with E-state index in [1.165, 1.54) is 0 Å². The maximum atomic E-state index is 11.7. The Morgan fingerprint density at radius 3 is 2.64 bits per heavy atom. The van der Waals surface area contributed by atoms with E-state index in [1.54, 1.807) is 13.0 Å². The molecule has 0 amide bonds. The lowest BCUT2D eigenvalue weighted by Crippen LogP contribution is -2.33. The number of hydrogen-bond acceptors (Lipinski definition) is 2. The number of benzene rings is 2. The Morgan fingerprint density at radius 2 is 2.04 bits per heavy atom. The summed E-state index contributed by atoms with van der Waals surface area (Å²) in [5.41, 5.74) is 3.88. The van der Waals surface area contributed by atoms with Gasteiger partial charge in [0.15, 0.2) is 0 Å². The van der Waals surface area contributed by atoms with Crippen LogP contribution in [0.25, 0.3) is 0 Å². The van der Waals surface area contributed by atoms with Gasteiger partial charge in [0.2, 0.25) is 0 Å². The zero-order valence-electron chi connectivity index (χ0n) is 14.3. The number of ether oxygens (including phenoxy) is 1. The lowest BCUT2D eigenvalue weighted by molar-refractivity contribution is -0.144. The molecule has 3 unspecified atom stereocenters. The summed E-state index contributed by atoms with van der Waals surface area (Å²) in [6, 6.07) is 9.56. The van der Waals surface area contributed by atoms with E-state index < -0.39 is 18.0 Å². The number of carboxylic acids is 1. The van der Waals surface area contributed by atoms with Gasteiger partial charge < -0.3 is 9.84 Å². The van der Waals surface area contributed by atoms with E-state index in [2.05, 4.69) is 6.92 Å². The highest BCUT2D eigenvalue weighted by Gasteiger charge is 2.43. The second kappa shape index (κ2) is 6.89. The van der Waals surface area contributed by atoms with E-state index >= 15 is 0 Å². The molecule has 0 radical (unpaired) electrons. The lowest BCUT2D eigenvalue weighted by Gasteiger charge is -2.25. The van der Waals surface area contributed by atoms with E-state index in [9.17, 15) is 9.90 Å². The zero-order chi connectivity index (χ0) is 18.3. The fourth-order valence-electron chi connectivity index (χ4n) is 3.61. The van der Waals surface area contributed by atoms with Crippen molar-refractivity contribution in [2.24, 2.45) is 5.92 Å². The van der Waals surface area contributed by atoms with Crippen molar-refractivity contribution < 1.29 is 14.6 Å². The van der Waals surface area contributed by atoms with Crippen LogP contribution in [0.1, 0.15) is 42.0 Å². The van der Waals surface area contributed by atoms with Crippen molar-refractivity contribution in [1.29, 1.82) is 0 Å². The minimum absolute atomic E-state index is 0.239. The minimum Gasteiger partial charge on any atom is -0.488 e. The first-order valence-electron chi connectivity index (χ1n) is 8.31. The first kappa shape index (κ1) is 18.1. The second-order valence-electron chi connectivity index (χ2n) is 6.49. The van der Waals surface area contributed by atoms with Crippen LogP contribution in [-0.4, -0.2) is 17.2 Å². The monoisotopic (exact) mass is 378 g/mol. The third kappa shape index (κ3) is 3.11. The van der Waals surface area contributed by atoms with Crippen molar-refractivity contribution in [1.82, 2.24) is 0 Å². The molecule has 1 aliphatic rings. The Kier molecular flexibility index (Phi) is 4.99. The van der Waals surface area contributed by atoms with Crippen LogP contribution in [0.2, 0.25) is 10.0 Å². The number of aliphatic carboxylic acids is 1. The van der Waals surface area contributed by atoms with Crippen LogP contribution in [0.4, 0.5) is 0 Å². The Bertz CT molecular complexity index is 809. The summed E-state index contributed by atoms with van der Waals surface area (Å²) in [6.07, 6.45) is 0.301. The van der Waals surface area contributed by atoms with Gasteiger partial charge in [-0.15, -0.1) is 0 Å². The Labute approximate surface area is 157 Å². The van der Waals surface area contributed by atoms with Crippen LogP contribution < -0.4 is 4.74 Å². The van der Waals surface area contributed by atoms with Gasteiger partial charge in [-0.2, -0.15) is 0 Å². The van der Waals surface area contributed by atoms with Gasteiger partial charge in [0.05, 0.1) is 11.8 Å². The Hall–Kier alpha value is -1.71. The summed E-state index contributed by atoms with van der Waals surface area (Å²) < 4.78 is 6.19. The van der Waals surface area contributed by atoms with Crippen LogP contribution in [-0.2, 0) is 11.2 Å². The average molecular weight is 379 g/mol. The second-order valence-corrected chi connectivity index (χ2v) is 7.34. The van der Waals surface area contributed by atoms with Crippen LogP contribution in [0.5, 0.6) is 5.75 Å². The van der Waals surface area contributed by atoms with Gasteiger partial charge >= 0.3 is 5.97 Å². The average Bonchev–Trinajstić information content (AvgIpc) is 2.92. The smallest absolute Gasteiger partial charge is 0.310 e. The molecule has 1 aliphatic heterocycles. The number of carbonyl (C=O) groups is 1. The highest BCUT2D eigenvalue weighted by molar-refractivity contribution is 6.35. The number of fused-ring (bicyclic) bond motifs is 1. The van der Waals surface area contributed by atoms with Gasteiger partial charge in [-0.25, -0.2) is 0 Å². The van der Waals surface area contributed by atoms with E-state index in [4.69, 9.17) is 27.9 Å². The predicted octanol–water partition coefficient (Wildman–Crippen LogP) is 5.48. The van der Waals surface area contributed by atoms with Crippen molar-refractivity contribution in [2.75, 3.05) is 0 Å². The molecule has 0 spiro atoms.